The summed E-state index contributed by atoms with van der Waals surface area (Å²) >= 11 is 0. The van der Waals surface area contributed by atoms with Gasteiger partial charge in [-0.3, -0.25) is 4.90 Å². The van der Waals surface area contributed by atoms with Crippen LogP contribution in [0.4, 0.5) is 5.82 Å². The van der Waals surface area contributed by atoms with Gasteiger partial charge >= 0.3 is 0 Å². The lowest BCUT2D eigenvalue weighted by atomic mass is 10.3. The second-order valence-corrected chi connectivity index (χ2v) is 7.38. The number of piperazine rings is 1. The third-order valence-electron chi connectivity index (χ3n) is 4.07. The van der Waals surface area contributed by atoms with Gasteiger partial charge in [-0.2, -0.15) is 4.31 Å². The molecule has 0 radical (unpaired) electrons. The van der Waals surface area contributed by atoms with E-state index >= 15 is 0 Å². The van der Waals surface area contributed by atoms with Gasteiger partial charge in [-0.15, -0.1) is 0 Å². The number of pyridine rings is 1. The minimum atomic E-state index is -3.38. The largest absolute Gasteiger partial charge is 0.331 e. The van der Waals surface area contributed by atoms with E-state index in [1.54, 1.807) is 12.3 Å². The molecule has 2 heterocycles. The summed E-state index contributed by atoms with van der Waals surface area (Å²) < 4.78 is 26.3. The summed E-state index contributed by atoms with van der Waals surface area (Å²) in [7, 11) is -1.18. The quantitative estimate of drug-likeness (QED) is 0.748. The highest BCUT2D eigenvalue weighted by molar-refractivity contribution is 7.89. The van der Waals surface area contributed by atoms with Gasteiger partial charge in [0.2, 0.25) is 10.0 Å². The zero-order chi connectivity index (χ0) is 15.5. The summed E-state index contributed by atoms with van der Waals surface area (Å²) in [6.07, 6.45) is 1.61. The van der Waals surface area contributed by atoms with Crippen LogP contribution in [0.3, 0.4) is 0 Å². The van der Waals surface area contributed by atoms with Crippen LogP contribution in [0.1, 0.15) is 13.8 Å². The molecule has 1 aromatic rings. The van der Waals surface area contributed by atoms with Crippen molar-refractivity contribution in [2.75, 3.05) is 51.2 Å². The van der Waals surface area contributed by atoms with Crippen molar-refractivity contribution in [3.05, 3.63) is 18.3 Å². The maximum absolute atomic E-state index is 12.4. The number of sulfonamides is 1. The van der Waals surface area contributed by atoms with Crippen molar-refractivity contribution in [3.63, 3.8) is 0 Å². The molecule has 6 nitrogen and oxygen atoms in total. The molecule has 1 saturated heterocycles. The average Bonchev–Trinajstić information content (AvgIpc) is 2.49. The maximum Gasteiger partial charge on any atom is 0.274 e. The Labute approximate surface area is 127 Å². The summed E-state index contributed by atoms with van der Waals surface area (Å²) in [6, 6.07) is 3.57. The number of aromatic amines is 1. The highest BCUT2D eigenvalue weighted by atomic mass is 32.2. The first-order valence-electron chi connectivity index (χ1n) is 7.57. The molecule has 1 aliphatic heterocycles. The molecule has 21 heavy (non-hydrogen) atoms. The van der Waals surface area contributed by atoms with E-state index in [1.165, 1.54) is 9.21 Å². The summed E-state index contributed by atoms with van der Waals surface area (Å²) in [6.45, 7) is 8.87. The van der Waals surface area contributed by atoms with Gasteiger partial charge in [-0.25, -0.2) is 13.4 Å². The molecule has 0 aromatic carbocycles. The minimum absolute atomic E-state index is 0.328. The molecule has 2 N–H and O–H groups in total. The monoisotopic (exact) mass is 314 g/mol. The first kappa shape index (κ1) is 16.2. The third kappa shape index (κ3) is 3.53. The van der Waals surface area contributed by atoms with Crippen molar-refractivity contribution >= 4 is 15.8 Å². The van der Waals surface area contributed by atoms with Gasteiger partial charge in [-0.05, 0) is 6.07 Å². The predicted molar refractivity (Wildman–Crippen MR) is 81.9 cm³/mol. The fraction of sp³-hybridized carbons (Fsp3) is 0.643. The SMILES string of the molecule is CCN(CC)S(=O)(=O)c1ccc(N2CC[NH+](C)CC2)[nH+]c1. The lowest BCUT2D eigenvalue weighted by molar-refractivity contribution is -0.880. The number of aromatic nitrogens is 1. The molecule has 0 unspecified atom stereocenters. The normalized spacial score (nSPS) is 17.4. The van der Waals surface area contributed by atoms with Crippen molar-refractivity contribution < 1.29 is 18.3 Å². The van der Waals surface area contributed by atoms with E-state index in [-0.39, 0.29) is 0 Å². The zero-order valence-corrected chi connectivity index (χ0v) is 13.9. The van der Waals surface area contributed by atoms with Gasteiger partial charge in [0.05, 0.1) is 7.05 Å². The van der Waals surface area contributed by atoms with Crippen LogP contribution in [-0.2, 0) is 10.0 Å². The molecule has 1 fully saturated rings. The van der Waals surface area contributed by atoms with E-state index in [2.05, 4.69) is 16.9 Å². The first-order chi connectivity index (χ1) is 9.98. The van der Waals surface area contributed by atoms with Crippen LogP contribution in [0, 0.1) is 0 Å². The molecule has 1 aliphatic rings. The van der Waals surface area contributed by atoms with Gasteiger partial charge in [0, 0.05) is 19.2 Å². The second kappa shape index (κ2) is 6.72. The summed E-state index contributed by atoms with van der Waals surface area (Å²) in [5, 5.41) is 0. The van der Waals surface area contributed by atoms with E-state index in [1.807, 2.05) is 19.9 Å². The predicted octanol–water partition coefficient (Wildman–Crippen LogP) is -1.13. The van der Waals surface area contributed by atoms with Crippen LogP contribution >= 0.6 is 0 Å². The number of rotatable bonds is 5. The number of anilines is 1. The van der Waals surface area contributed by atoms with Crippen LogP contribution in [0.15, 0.2) is 23.2 Å². The van der Waals surface area contributed by atoms with Crippen LogP contribution in [0.2, 0.25) is 0 Å². The number of nitrogens with one attached hydrogen (secondary N) is 2. The number of quaternary nitrogens is 1. The number of likely N-dealkylation sites (N-methyl/N-ethyl adjacent to an activating group) is 1. The molecule has 0 saturated carbocycles. The fourth-order valence-corrected chi connectivity index (χ4v) is 4.03. The fourth-order valence-electron chi connectivity index (χ4n) is 2.60. The standard InChI is InChI=1S/C14H24N4O2S/c1-4-18(5-2)21(19,20)13-6-7-14(15-12-13)17-10-8-16(3)9-11-17/h6-7,12H,4-5,8-11H2,1-3H3/p+2. The molecule has 0 bridgehead atoms. The molecule has 118 valence electrons. The highest BCUT2D eigenvalue weighted by Gasteiger charge is 2.26. The van der Waals surface area contributed by atoms with Crippen molar-refractivity contribution in [2.24, 2.45) is 0 Å². The highest BCUT2D eigenvalue weighted by Crippen LogP contribution is 2.15. The summed E-state index contributed by atoms with van der Waals surface area (Å²) in [5.74, 6) is 0.987. The Hall–Kier alpha value is -1.18. The van der Waals surface area contributed by atoms with E-state index < -0.39 is 10.0 Å². The zero-order valence-electron chi connectivity index (χ0n) is 13.1. The molecule has 1 aromatic heterocycles. The Kier molecular flexibility index (Phi) is 5.18. The van der Waals surface area contributed by atoms with Crippen LogP contribution in [0.25, 0.3) is 0 Å². The van der Waals surface area contributed by atoms with E-state index in [0.717, 1.165) is 32.0 Å². The van der Waals surface area contributed by atoms with E-state index in [4.69, 9.17) is 0 Å². The minimum Gasteiger partial charge on any atom is -0.331 e. The molecular weight excluding hydrogens is 288 g/mol. The van der Waals surface area contributed by atoms with Gasteiger partial charge in [0.15, 0.2) is 0 Å². The second-order valence-electron chi connectivity index (χ2n) is 5.44. The van der Waals surface area contributed by atoms with Crippen LogP contribution < -0.4 is 14.8 Å². The van der Waals surface area contributed by atoms with E-state index in [9.17, 15) is 8.42 Å². The Morgan fingerprint density at radius 3 is 2.33 bits per heavy atom. The van der Waals surface area contributed by atoms with Crippen LogP contribution in [0.5, 0.6) is 0 Å². The molecule has 7 heteroatoms. The summed E-state index contributed by atoms with van der Waals surface area (Å²) in [4.78, 5) is 7.27. The van der Waals surface area contributed by atoms with Crippen molar-refractivity contribution in [1.82, 2.24) is 4.31 Å². The topological polar surface area (TPSA) is 59.2 Å². The van der Waals surface area contributed by atoms with Crippen molar-refractivity contribution in [3.8, 4) is 0 Å². The number of hydrogen-bond acceptors (Lipinski definition) is 3. The number of H-pyrrole nitrogens is 1. The molecule has 0 aliphatic carbocycles. The van der Waals surface area contributed by atoms with Gasteiger partial charge < -0.3 is 4.90 Å². The molecule has 2 rings (SSSR count). The first-order valence-corrected chi connectivity index (χ1v) is 9.01. The van der Waals surface area contributed by atoms with Gasteiger partial charge in [-0.1, -0.05) is 13.8 Å². The lowest BCUT2D eigenvalue weighted by Crippen LogP contribution is -3.12. The van der Waals surface area contributed by atoms with Crippen molar-refractivity contribution in [1.29, 1.82) is 0 Å². The Morgan fingerprint density at radius 2 is 1.86 bits per heavy atom. The molecule has 0 atom stereocenters. The molecular formula is C14H26N4O2S+2. The average molecular weight is 314 g/mol. The lowest BCUT2D eigenvalue weighted by Gasteiger charge is -2.25. The molecule has 0 spiro atoms. The van der Waals surface area contributed by atoms with Crippen molar-refractivity contribution in [2.45, 2.75) is 18.7 Å². The Bertz CT molecular complexity index is 547. The maximum atomic E-state index is 12.4. The third-order valence-corrected chi connectivity index (χ3v) is 6.11. The summed E-state index contributed by atoms with van der Waals surface area (Å²) in [5.41, 5.74) is 0. The Morgan fingerprint density at radius 1 is 1.24 bits per heavy atom. The molecule has 0 amide bonds. The smallest absolute Gasteiger partial charge is 0.274 e. The van der Waals surface area contributed by atoms with Gasteiger partial charge in [0.1, 0.15) is 37.3 Å². The van der Waals surface area contributed by atoms with Gasteiger partial charge in [0.25, 0.3) is 5.82 Å². The van der Waals surface area contributed by atoms with E-state index in [0.29, 0.717) is 18.0 Å². The number of hydrogen-bond donors (Lipinski definition) is 1. The Balaban J connectivity index is 2.15. The van der Waals surface area contributed by atoms with Crippen LogP contribution in [-0.4, -0.2) is 59.0 Å². The number of nitrogens with zero attached hydrogens (tertiary/aromatic N) is 2.